The fourth-order valence-electron chi connectivity index (χ4n) is 1.77. The molecule has 0 aromatic heterocycles. The molecule has 1 aromatic carbocycles. The topological polar surface area (TPSA) is 92.5 Å². The number of sulfonamides is 1. The number of hydrogen-bond donors (Lipinski definition) is 2. The number of nitrogens with two attached hydrogens (primary N) is 1. The minimum Gasteiger partial charge on any atom is -0.355 e. The van der Waals surface area contributed by atoms with Crippen molar-refractivity contribution in [3.8, 4) is 0 Å². The van der Waals surface area contributed by atoms with Crippen LogP contribution in [0.25, 0.3) is 0 Å². The van der Waals surface area contributed by atoms with Crippen molar-refractivity contribution in [2.24, 2.45) is 11.7 Å². The minimum absolute atomic E-state index is 0.0746. The number of amides is 1. The zero-order valence-corrected chi connectivity index (χ0v) is 13.4. The maximum atomic E-state index is 12.0. The second-order valence-corrected chi connectivity index (χ2v) is 7.42. The lowest BCUT2D eigenvalue weighted by atomic mass is 9.95. The average Bonchev–Trinajstić information content (AvgIpc) is 2.46. The summed E-state index contributed by atoms with van der Waals surface area (Å²) in [6.07, 6.45) is 0. The van der Waals surface area contributed by atoms with Gasteiger partial charge in [-0.2, -0.15) is 0 Å². The van der Waals surface area contributed by atoms with E-state index in [0.717, 1.165) is 9.87 Å². The fourth-order valence-corrected chi connectivity index (χ4v) is 2.50. The summed E-state index contributed by atoms with van der Waals surface area (Å²) in [5.74, 6) is -0.811. The smallest absolute Gasteiger partial charge is 0.224 e. The molecule has 0 aliphatic rings. The Hall–Kier alpha value is -1.44. The van der Waals surface area contributed by atoms with Crippen LogP contribution >= 0.6 is 0 Å². The van der Waals surface area contributed by atoms with Gasteiger partial charge in [-0.25, -0.2) is 12.7 Å². The second-order valence-electron chi connectivity index (χ2n) is 5.11. The van der Waals surface area contributed by atoms with Gasteiger partial charge in [0, 0.05) is 26.7 Å². The SMILES string of the molecule is CC(C(=O)NCCS(=O)(=O)N(C)C)C(N)c1ccccc1. The van der Waals surface area contributed by atoms with E-state index in [2.05, 4.69) is 5.32 Å². The molecule has 0 radical (unpaired) electrons. The third kappa shape index (κ3) is 5.11. The summed E-state index contributed by atoms with van der Waals surface area (Å²) in [7, 11) is -0.378. The molecule has 3 N–H and O–H groups in total. The molecule has 1 aromatic rings. The molecule has 2 atom stereocenters. The summed E-state index contributed by atoms with van der Waals surface area (Å²) in [5.41, 5.74) is 6.93. The Kier molecular flexibility index (Phi) is 6.32. The Morgan fingerprint density at radius 3 is 2.38 bits per heavy atom. The Morgan fingerprint density at radius 2 is 1.86 bits per heavy atom. The number of benzene rings is 1. The van der Waals surface area contributed by atoms with Gasteiger partial charge >= 0.3 is 0 Å². The quantitative estimate of drug-likeness (QED) is 0.759. The maximum absolute atomic E-state index is 12.0. The molecule has 1 rings (SSSR count). The van der Waals surface area contributed by atoms with Crippen molar-refractivity contribution in [1.29, 1.82) is 0 Å². The Labute approximate surface area is 126 Å². The molecular formula is C14H23N3O3S. The number of carbonyl (C=O) groups excluding carboxylic acids is 1. The lowest BCUT2D eigenvalue weighted by molar-refractivity contribution is -0.125. The number of nitrogens with zero attached hydrogens (tertiary/aromatic N) is 1. The highest BCUT2D eigenvalue weighted by Crippen LogP contribution is 2.18. The lowest BCUT2D eigenvalue weighted by Gasteiger charge is -2.20. The van der Waals surface area contributed by atoms with Crippen LogP contribution in [0, 0.1) is 5.92 Å². The standard InChI is InChI=1S/C14H23N3O3S/c1-11(13(15)12-7-5-4-6-8-12)14(18)16-9-10-21(19,20)17(2)3/h4-8,11,13H,9-10,15H2,1-3H3,(H,16,18). The predicted molar refractivity (Wildman–Crippen MR) is 83.0 cm³/mol. The largest absolute Gasteiger partial charge is 0.355 e. The van der Waals surface area contributed by atoms with E-state index in [1.54, 1.807) is 6.92 Å². The highest BCUT2D eigenvalue weighted by molar-refractivity contribution is 7.89. The van der Waals surface area contributed by atoms with Gasteiger partial charge in [-0.05, 0) is 5.56 Å². The van der Waals surface area contributed by atoms with Crippen molar-refractivity contribution >= 4 is 15.9 Å². The average molecular weight is 313 g/mol. The molecular weight excluding hydrogens is 290 g/mol. The van der Waals surface area contributed by atoms with E-state index in [-0.39, 0.29) is 18.2 Å². The van der Waals surface area contributed by atoms with Crippen LogP contribution in [-0.2, 0) is 14.8 Å². The summed E-state index contributed by atoms with van der Waals surface area (Å²) < 4.78 is 24.3. The minimum atomic E-state index is -3.30. The summed E-state index contributed by atoms with van der Waals surface area (Å²) >= 11 is 0. The summed E-state index contributed by atoms with van der Waals surface area (Å²) in [6, 6.07) is 8.92. The first-order valence-corrected chi connectivity index (χ1v) is 8.35. The molecule has 0 bridgehead atoms. The lowest BCUT2D eigenvalue weighted by Crippen LogP contribution is -2.39. The van der Waals surface area contributed by atoms with E-state index in [4.69, 9.17) is 5.73 Å². The van der Waals surface area contributed by atoms with E-state index < -0.39 is 22.0 Å². The van der Waals surface area contributed by atoms with Crippen molar-refractivity contribution in [2.75, 3.05) is 26.4 Å². The van der Waals surface area contributed by atoms with Gasteiger partial charge in [0.1, 0.15) is 0 Å². The summed E-state index contributed by atoms with van der Waals surface area (Å²) in [6.45, 7) is 1.80. The molecule has 0 saturated heterocycles. The molecule has 1 amide bonds. The third-order valence-electron chi connectivity index (χ3n) is 3.35. The predicted octanol–water partition coefficient (Wildman–Crippen LogP) is 0.330. The normalized spacial score (nSPS) is 14.7. The molecule has 6 nitrogen and oxygen atoms in total. The van der Waals surface area contributed by atoms with Crippen LogP contribution in [0.15, 0.2) is 30.3 Å². The molecule has 118 valence electrons. The maximum Gasteiger partial charge on any atom is 0.224 e. The van der Waals surface area contributed by atoms with Crippen molar-refractivity contribution in [2.45, 2.75) is 13.0 Å². The second kappa shape index (κ2) is 7.53. The summed E-state index contributed by atoms with van der Waals surface area (Å²) in [5, 5.41) is 2.62. The Morgan fingerprint density at radius 1 is 1.29 bits per heavy atom. The van der Waals surface area contributed by atoms with Crippen LogP contribution in [0.3, 0.4) is 0 Å². The van der Waals surface area contributed by atoms with Crippen LogP contribution in [-0.4, -0.2) is 45.0 Å². The molecule has 21 heavy (non-hydrogen) atoms. The van der Waals surface area contributed by atoms with Crippen LogP contribution in [0.4, 0.5) is 0 Å². The Bertz CT molecular complexity index is 558. The van der Waals surface area contributed by atoms with Crippen LogP contribution in [0.1, 0.15) is 18.5 Å². The van der Waals surface area contributed by atoms with Crippen LogP contribution in [0.5, 0.6) is 0 Å². The number of rotatable bonds is 7. The molecule has 0 aliphatic carbocycles. The van der Waals surface area contributed by atoms with Crippen LogP contribution < -0.4 is 11.1 Å². The Balaban J connectivity index is 2.52. The molecule has 0 heterocycles. The van der Waals surface area contributed by atoms with Crippen molar-refractivity contribution < 1.29 is 13.2 Å². The molecule has 7 heteroatoms. The zero-order valence-electron chi connectivity index (χ0n) is 12.6. The van der Waals surface area contributed by atoms with Gasteiger partial charge in [-0.15, -0.1) is 0 Å². The monoisotopic (exact) mass is 313 g/mol. The van der Waals surface area contributed by atoms with E-state index in [1.807, 2.05) is 30.3 Å². The van der Waals surface area contributed by atoms with E-state index in [9.17, 15) is 13.2 Å². The first-order chi connectivity index (χ1) is 9.75. The van der Waals surface area contributed by atoms with E-state index in [0.29, 0.717) is 0 Å². The molecule has 0 saturated carbocycles. The third-order valence-corrected chi connectivity index (χ3v) is 5.19. The van der Waals surface area contributed by atoms with E-state index >= 15 is 0 Å². The molecule has 0 aliphatic heterocycles. The molecule has 0 fully saturated rings. The first-order valence-electron chi connectivity index (χ1n) is 6.74. The highest BCUT2D eigenvalue weighted by Gasteiger charge is 2.22. The van der Waals surface area contributed by atoms with Crippen molar-refractivity contribution in [3.63, 3.8) is 0 Å². The highest BCUT2D eigenvalue weighted by atomic mass is 32.2. The van der Waals surface area contributed by atoms with Gasteiger partial charge in [0.05, 0.1) is 11.7 Å². The van der Waals surface area contributed by atoms with Crippen molar-refractivity contribution in [3.05, 3.63) is 35.9 Å². The van der Waals surface area contributed by atoms with Gasteiger partial charge in [0.25, 0.3) is 0 Å². The van der Waals surface area contributed by atoms with Gasteiger partial charge in [0.2, 0.25) is 15.9 Å². The fraction of sp³-hybridized carbons (Fsp3) is 0.500. The molecule has 0 spiro atoms. The van der Waals surface area contributed by atoms with Crippen LogP contribution in [0.2, 0.25) is 0 Å². The van der Waals surface area contributed by atoms with Crippen molar-refractivity contribution in [1.82, 2.24) is 9.62 Å². The van der Waals surface area contributed by atoms with Gasteiger partial charge < -0.3 is 11.1 Å². The number of nitrogens with one attached hydrogen (secondary N) is 1. The first kappa shape index (κ1) is 17.6. The van der Waals surface area contributed by atoms with Gasteiger partial charge in [0.15, 0.2) is 0 Å². The summed E-state index contributed by atoms with van der Waals surface area (Å²) in [4.78, 5) is 12.0. The van der Waals surface area contributed by atoms with Gasteiger partial charge in [-0.3, -0.25) is 4.79 Å². The van der Waals surface area contributed by atoms with Gasteiger partial charge in [-0.1, -0.05) is 37.3 Å². The number of hydrogen-bond acceptors (Lipinski definition) is 4. The molecule has 2 unspecified atom stereocenters. The zero-order chi connectivity index (χ0) is 16.0. The van der Waals surface area contributed by atoms with E-state index in [1.165, 1.54) is 14.1 Å². The number of carbonyl (C=O) groups is 1.